The van der Waals surface area contributed by atoms with Gasteiger partial charge in [-0.2, -0.15) is 9.44 Å². The number of methoxy groups -OCH3 is 3. The maximum Gasteiger partial charge on any atom is 0.252 e. The van der Waals surface area contributed by atoms with E-state index < -0.39 is 0 Å². The van der Waals surface area contributed by atoms with E-state index in [0.717, 1.165) is 21.6 Å². The van der Waals surface area contributed by atoms with Gasteiger partial charge in [-0.3, -0.25) is 9.63 Å². The van der Waals surface area contributed by atoms with Gasteiger partial charge < -0.3 is 19.9 Å². The van der Waals surface area contributed by atoms with Gasteiger partial charge in [0.05, 0.1) is 39.0 Å². The highest BCUT2D eigenvalue weighted by Crippen LogP contribution is 2.44. The van der Waals surface area contributed by atoms with E-state index >= 15 is 0 Å². The van der Waals surface area contributed by atoms with E-state index in [2.05, 4.69) is 4.37 Å². The van der Waals surface area contributed by atoms with Crippen molar-refractivity contribution in [3.05, 3.63) is 42.6 Å². The molecule has 0 saturated heterocycles. The Morgan fingerprint density at radius 3 is 2.32 bits per heavy atom. The summed E-state index contributed by atoms with van der Waals surface area (Å²) in [5.41, 5.74) is 8.80. The fraction of sp³-hybridized carbons (Fsp3) is 0.273. The second-order valence-corrected chi connectivity index (χ2v) is 7.24. The maximum atomic E-state index is 12.3. The van der Waals surface area contributed by atoms with Crippen molar-refractivity contribution in [2.75, 3.05) is 40.0 Å². The molecule has 0 bridgehead atoms. The van der Waals surface area contributed by atoms with Crippen LogP contribution in [0.3, 0.4) is 0 Å². The van der Waals surface area contributed by atoms with Crippen molar-refractivity contribution in [2.24, 2.45) is 5.73 Å². The minimum Gasteiger partial charge on any atom is -0.493 e. The zero-order chi connectivity index (χ0) is 22.4. The number of hydrogen-bond donors (Lipinski definition) is 1. The topological polar surface area (TPSA) is 96.1 Å². The molecule has 1 heterocycles. The summed E-state index contributed by atoms with van der Waals surface area (Å²) in [5, 5.41) is 1.25. The highest BCUT2D eigenvalue weighted by atomic mass is 32.1. The van der Waals surface area contributed by atoms with Crippen molar-refractivity contribution in [3.8, 4) is 38.8 Å². The van der Waals surface area contributed by atoms with Gasteiger partial charge in [-0.05, 0) is 41.4 Å². The fourth-order valence-electron chi connectivity index (χ4n) is 3.24. The van der Waals surface area contributed by atoms with Gasteiger partial charge in [-0.1, -0.05) is 12.1 Å². The highest BCUT2D eigenvalue weighted by Gasteiger charge is 2.20. The molecule has 3 rings (SSSR count). The summed E-state index contributed by atoms with van der Waals surface area (Å²) in [4.78, 5) is 18.6. The third kappa shape index (κ3) is 4.63. The molecule has 0 atom stereocenters. The second-order valence-electron chi connectivity index (χ2n) is 6.44. The van der Waals surface area contributed by atoms with Crippen LogP contribution in [0.5, 0.6) is 17.2 Å². The van der Waals surface area contributed by atoms with E-state index in [0.29, 0.717) is 22.9 Å². The zero-order valence-corrected chi connectivity index (χ0v) is 18.7. The number of nitrogens with zero attached hydrogens (tertiary/aromatic N) is 2. The zero-order valence-electron chi connectivity index (χ0n) is 17.9. The smallest absolute Gasteiger partial charge is 0.252 e. The molecule has 8 nitrogen and oxygen atoms in total. The average Bonchev–Trinajstić information content (AvgIpc) is 3.29. The SMILES string of the molecule is COc1cc(-c2sncc2-c2cccc(N(OC)C(=O)CCN)c2)cc(OC)c1OC. The molecule has 0 fully saturated rings. The average molecular weight is 444 g/mol. The quantitative estimate of drug-likeness (QED) is 0.503. The van der Waals surface area contributed by atoms with Crippen LogP contribution in [0.4, 0.5) is 5.69 Å². The Morgan fingerprint density at radius 2 is 1.74 bits per heavy atom. The molecule has 2 aromatic carbocycles. The van der Waals surface area contributed by atoms with Gasteiger partial charge in [0, 0.05) is 30.3 Å². The molecule has 0 aliphatic carbocycles. The van der Waals surface area contributed by atoms with Gasteiger partial charge >= 0.3 is 0 Å². The van der Waals surface area contributed by atoms with Crippen molar-refractivity contribution in [2.45, 2.75) is 6.42 Å². The first kappa shape index (κ1) is 22.5. The van der Waals surface area contributed by atoms with Gasteiger partial charge in [-0.15, -0.1) is 0 Å². The van der Waals surface area contributed by atoms with E-state index in [4.69, 9.17) is 24.8 Å². The Labute approximate surface area is 185 Å². The summed E-state index contributed by atoms with van der Waals surface area (Å²) in [6.07, 6.45) is 1.98. The molecule has 2 N–H and O–H groups in total. The maximum absolute atomic E-state index is 12.3. The molecule has 0 unspecified atom stereocenters. The molecule has 0 aliphatic rings. The van der Waals surface area contributed by atoms with E-state index in [9.17, 15) is 4.79 Å². The van der Waals surface area contributed by atoms with Crippen molar-refractivity contribution in [1.29, 1.82) is 0 Å². The number of anilines is 1. The van der Waals surface area contributed by atoms with Crippen molar-refractivity contribution in [1.82, 2.24) is 4.37 Å². The molecule has 0 saturated carbocycles. The first-order valence-electron chi connectivity index (χ1n) is 9.50. The number of benzene rings is 2. The minimum atomic E-state index is -0.213. The molecular weight excluding hydrogens is 418 g/mol. The standard InChI is InChI=1S/C22H25N3O5S/c1-27-18-11-15(12-19(28-2)21(18)29-3)22-17(13-24-31-22)14-6-5-7-16(10-14)25(30-4)20(26)8-9-23/h5-7,10-13H,8-9,23H2,1-4H3. The number of nitrogens with two attached hydrogens (primary N) is 1. The van der Waals surface area contributed by atoms with Gasteiger partial charge in [0.15, 0.2) is 11.5 Å². The van der Waals surface area contributed by atoms with Crippen LogP contribution in [0.15, 0.2) is 42.6 Å². The minimum absolute atomic E-state index is 0.189. The monoisotopic (exact) mass is 443 g/mol. The molecule has 31 heavy (non-hydrogen) atoms. The van der Waals surface area contributed by atoms with Gasteiger partial charge in [-0.25, -0.2) is 0 Å². The van der Waals surface area contributed by atoms with Crippen LogP contribution in [0, 0.1) is 0 Å². The first-order valence-corrected chi connectivity index (χ1v) is 10.3. The van der Waals surface area contributed by atoms with E-state index in [1.54, 1.807) is 33.6 Å². The van der Waals surface area contributed by atoms with E-state index in [1.807, 2.05) is 30.3 Å². The van der Waals surface area contributed by atoms with Crippen molar-refractivity contribution in [3.63, 3.8) is 0 Å². The lowest BCUT2D eigenvalue weighted by Gasteiger charge is -2.20. The van der Waals surface area contributed by atoms with Crippen LogP contribution < -0.4 is 25.0 Å². The van der Waals surface area contributed by atoms with Crippen LogP contribution >= 0.6 is 11.5 Å². The van der Waals surface area contributed by atoms with Crippen LogP contribution in [0.1, 0.15) is 6.42 Å². The molecule has 9 heteroatoms. The summed E-state index contributed by atoms with van der Waals surface area (Å²) >= 11 is 1.35. The predicted octanol–water partition coefficient (Wildman–Crippen LogP) is 3.75. The number of carbonyl (C=O) groups excluding carboxylic acids is 1. The van der Waals surface area contributed by atoms with Gasteiger partial charge in [0.1, 0.15) is 0 Å². The van der Waals surface area contributed by atoms with Gasteiger partial charge in [0.25, 0.3) is 5.91 Å². The van der Waals surface area contributed by atoms with Gasteiger partial charge in [0.2, 0.25) is 5.75 Å². The van der Waals surface area contributed by atoms with Crippen molar-refractivity contribution < 1.29 is 23.8 Å². The summed E-state index contributed by atoms with van der Waals surface area (Å²) < 4.78 is 20.8. The Hall–Kier alpha value is -3.14. The molecule has 0 aliphatic heterocycles. The Balaban J connectivity index is 2.06. The molecule has 1 amide bonds. The lowest BCUT2D eigenvalue weighted by Crippen LogP contribution is -2.31. The highest BCUT2D eigenvalue weighted by molar-refractivity contribution is 7.10. The predicted molar refractivity (Wildman–Crippen MR) is 121 cm³/mol. The molecule has 1 aromatic heterocycles. The number of hydrogen-bond acceptors (Lipinski definition) is 8. The number of rotatable bonds is 9. The van der Waals surface area contributed by atoms with Crippen LogP contribution in [0.2, 0.25) is 0 Å². The lowest BCUT2D eigenvalue weighted by molar-refractivity contribution is -0.124. The fourth-order valence-corrected chi connectivity index (χ4v) is 4.00. The molecule has 0 radical (unpaired) electrons. The number of amides is 1. The Morgan fingerprint density at radius 1 is 1.03 bits per heavy atom. The largest absolute Gasteiger partial charge is 0.493 e. The Kier molecular flexibility index (Phi) is 7.45. The molecule has 0 spiro atoms. The summed E-state index contributed by atoms with van der Waals surface area (Å²) in [6, 6.07) is 11.3. The van der Waals surface area contributed by atoms with E-state index in [1.165, 1.54) is 23.7 Å². The number of aromatic nitrogens is 1. The normalized spacial score (nSPS) is 10.6. The third-order valence-corrected chi connectivity index (χ3v) is 5.51. The number of hydroxylamine groups is 1. The molecule has 164 valence electrons. The van der Waals surface area contributed by atoms with Crippen LogP contribution in [-0.2, 0) is 9.63 Å². The Bertz CT molecular complexity index is 1030. The van der Waals surface area contributed by atoms with Crippen LogP contribution in [0.25, 0.3) is 21.6 Å². The van der Waals surface area contributed by atoms with Crippen molar-refractivity contribution >= 4 is 23.1 Å². The molecular formula is C22H25N3O5S. The third-order valence-electron chi connectivity index (χ3n) is 4.66. The number of carbonyl (C=O) groups is 1. The van der Waals surface area contributed by atoms with Crippen LogP contribution in [-0.4, -0.2) is 45.3 Å². The summed E-state index contributed by atoms with van der Waals surface area (Å²) in [6.45, 7) is 0.248. The summed E-state index contributed by atoms with van der Waals surface area (Å²) in [7, 11) is 6.18. The number of ether oxygens (including phenoxy) is 3. The van der Waals surface area contributed by atoms with E-state index in [-0.39, 0.29) is 18.9 Å². The second kappa shape index (κ2) is 10.3. The summed E-state index contributed by atoms with van der Waals surface area (Å²) in [5.74, 6) is 1.43. The first-order chi connectivity index (χ1) is 15.1. The molecule has 3 aromatic rings. The lowest BCUT2D eigenvalue weighted by atomic mass is 10.0.